The van der Waals surface area contributed by atoms with Crippen LogP contribution >= 0.6 is 43.6 Å². The molecule has 162 valence electrons. The molecule has 0 aliphatic carbocycles. The molecule has 30 heavy (non-hydrogen) atoms. The van der Waals surface area contributed by atoms with E-state index in [1.807, 2.05) is 0 Å². The number of amides is 2. The van der Waals surface area contributed by atoms with E-state index in [9.17, 15) is 19.2 Å². The number of nitrogens with zero attached hydrogens (tertiary/aromatic N) is 1. The Balaban J connectivity index is 2.20. The smallest absolute Gasteiger partial charge is 0.344 e. The van der Waals surface area contributed by atoms with Crippen LogP contribution in [0.15, 0.2) is 26.0 Å². The van der Waals surface area contributed by atoms with Crippen molar-refractivity contribution < 1.29 is 33.4 Å². The molecule has 1 fully saturated rings. The van der Waals surface area contributed by atoms with Crippen molar-refractivity contribution in [1.29, 1.82) is 0 Å². The van der Waals surface area contributed by atoms with Gasteiger partial charge in [0.25, 0.3) is 11.1 Å². The van der Waals surface area contributed by atoms with E-state index in [1.165, 1.54) is 13.0 Å². The lowest BCUT2D eigenvalue weighted by atomic mass is 10.2. The van der Waals surface area contributed by atoms with Crippen molar-refractivity contribution in [3.8, 4) is 5.75 Å². The highest BCUT2D eigenvalue weighted by molar-refractivity contribution is 9.11. The van der Waals surface area contributed by atoms with Crippen LogP contribution in [0.2, 0.25) is 0 Å². The molecular formula is C19H19Br2NO7S. The summed E-state index contributed by atoms with van der Waals surface area (Å²) < 4.78 is 16.3. The molecule has 0 spiro atoms. The van der Waals surface area contributed by atoms with Crippen molar-refractivity contribution in [2.45, 2.75) is 26.8 Å². The summed E-state index contributed by atoms with van der Waals surface area (Å²) in [5.74, 6) is -1.32. The standard InChI is InChI=1S/C19H19Br2NO7S/c1-4-27-15(23)9-29-16-12(20)6-11(7-13(16)21)8-14-17(24)22(19(26)30-14)10(3)18(25)28-5-2/h6-8,10H,4-5,9H2,1-3H3/b14-8+/t10-/m0/s1. The maximum atomic E-state index is 12.7. The summed E-state index contributed by atoms with van der Waals surface area (Å²) in [4.78, 5) is 49.4. The molecule has 0 bridgehead atoms. The highest BCUT2D eigenvalue weighted by Gasteiger charge is 2.41. The van der Waals surface area contributed by atoms with Gasteiger partial charge in [-0.2, -0.15) is 0 Å². The fraction of sp³-hybridized carbons (Fsp3) is 0.368. The van der Waals surface area contributed by atoms with Gasteiger partial charge in [0.15, 0.2) is 6.61 Å². The fourth-order valence-corrected chi connectivity index (χ4v) is 4.83. The van der Waals surface area contributed by atoms with E-state index < -0.39 is 29.1 Å². The van der Waals surface area contributed by atoms with Gasteiger partial charge in [0, 0.05) is 0 Å². The van der Waals surface area contributed by atoms with Gasteiger partial charge in [0.05, 0.1) is 27.1 Å². The van der Waals surface area contributed by atoms with Gasteiger partial charge in [-0.1, -0.05) is 0 Å². The zero-order valence-corrected chi connectivity index (χ0v) is 20.4. The summed E-state index contributed by atoms with van der Waals surface area (Å²) >= 11 is 7.48. The van der Waals surface area contributed by atoms with Gasteiger partial charge in [-0.3, -0.25) is 14.5 Å². The Labute approximate surface area is 194 Å². The molecule has 1 aromatic carbocycles. The Kier molecular flexibility index (Phi) is 8.92. The lowest BCUT2D eigenvalue weighted by Gasteiger charge is -2.19. The van der Waals surface area contributed by atoms with Crippen molar-refractivity contribution in [3.05, 3.63) is 31.5 Å². The van der Waals surface area contributed by atoms with Crippen LogP contribution in [0.3, 0.4) is 0 Å². The van der Waals surface area contributed by atoms with Crippen LogP contribution in [0.1, 0.15) is 26.3 Å². The fourth-order valence-electron chi connectivity index (χ4n) is 2.47. The van der Waals surface area contributed by atoms with E-state index in [2.05, 4.69) is 31.9 Å². The van der Waals surface area contributed by atoms with Crippen LogP contribution in [0.25, 0.3) is 6.08 Å². The van der Waals surface area contributed by atoms with Gasteiger partial charge >= 0.3 is 11.9 Å². The van der Waals surface area contributed by atoms with Crippen LogP contribution in [-0.2, 0) is 23.9 Å². The molecule has 0 aromatic heterocycles. The van der Waals surface area contributed by atoms with Crippen LogP contribution in [-0.4, -0.2) is 53.8 Å². The maximum absolute atomic E-state index is 12.7. The van der Waals surface area contributed by atoms with Crippen molar-refractivity contribution in [3.63, 3.8) is 0 Å². The van der Waals surface area contributed by atoms with Gasteiger partial charge in [-0.05, 0) is 88.2 Å². The number of hydrogen-bond donors (Lipinski definition) is 0. The lowest BCUT2D eigenvalue weighted by molar-refractivity contribution is -0.150. The minimum Gasteiger partial charge on any atom is -0.480 e. The highest BCUT2D eigenvalue weighted by atomic mass is 79.9. The summed E-state index contributed by atoms with van der Waals surface area (Å²) in [6, 6.07) is 2.34. The molecule has 0 N–H and O–H groups in total. The van der Waals surface area contributed by atoms with E-state index in [0.717, 1.165) is 16.7 Å². The van der Waals surface area contributed by atoms with Crippen molar-refractivity contribution in [1.82, 2.24) is 4.90 Å². The highest BCUT2D eigenvalue weighted by Crippen LogP contribution is 2.38. The molecule has 1 aliphatic rings. The third-order valence-corrected chi connectivity index (χ3v) is 5.86. The third-order valence-electron chi connectivity index (χ3n) is 3.80. The molecule has 1 heterocycles. The SMILES string of the molecule is CCOC(=O)COc1c(Br)cc(/C=C2/SC(=O)N([C@@H](C)C(=O)OCC)C2=O)cc1Br. The second-order valence-electron chi connectivity index (χ2n) is 5.89. The van der Waals surface area contributed by atoms with E-state index in [0.29, 0.717) is 20.3 Å². The Bertz CT molecular complexity index is 880. The molecule has 1 saturated heterocycles. The first-order valence-corrected chi connectivity index (χ1v) is 11.3. The minimum atomic E-state index is -1.01. The van der Waals surface area contributed by atoms with E-state index in [4.69, 9.17) is 14.2 Å². The number of thioether (sulfide) groups is 1. The topological polar surface area (TPSA) is 99.2 Å². The molecule has 2 amide bonds. The van der Waals surface area contributed by atoms with Crippen molar-refractivity contribution >= 4 is 72.8 Å². The number of hydrogen-bond acceptors (Lipinski definition) is 8. The molecule has 11 heteroatoms. The maximum Gasteiger partial charge on any atom is 0.344 e. The summed E-state index contributed by atoms with van der Waals surface area (Å²) in [6.45, 7) is 4.95. The number of halogens is 2. The van der Waals surface area contributed by atoms with Crippen molar-refractivity contribution in [2.75, 3.05) is 19.8 Å². The Morgan fingerprint density at radius 1 is 1.13 bits per heavy atom. The van der Waals surface area contributed by atoms with Crippen LogP contribution in [0.5, 0.6) is 5.75 Å². The summed E-state index contributed by atoms with van der Waals surface area (Å²) in [5, 5.41) is -0.542. The van der Waals surface area contributed by atoms with Gasteiger partial charge in [-0.25, -0.2) is 9.59 Å². The molecule has 0 radical (unpaired) electrons. The Hall–Kier alpha value is -1.85. The van der Waals surface area contributed by atoms with Gasteiger partial charge in [-0.15, -0.1) is 0 Å². The van der Waals surface area contributed by atoms with Crippen LogP contribution < -0.4 is 4.74 Å². The zero-order chi connectivity index (χ0) is 22.4. The predicted octanol–water partition coefficient (Wildman–Crippen LogP) is 4.14. The van der Waals surface area contributed by atoms with Gasteiger partial charge < -0.3 is 14.2 Å². The minimum absolute atomic E-state index is 0.155. The lowest BCUT2D eigenvalue weighted by Crippen LogP contribution is -2.42. The normalized spacial score (nSPS) is 16.0. The molecule has 1 aliphatic heterocycles. The Morgan fingerprint density at radius 2 is 1.73 bits per heavy atom. The molecule has 1 atom stereocenters. The van der Waals surface area contributed by atoms with Gasteiger partial charge in [0.2, 0.25) is 0 Å². The number of rotatable bonds is 8. The zero-order valence-electron chi connectivity index (χ0n) is 16.4. The first-order valence-electron chi connectivity index (χ1n) is 8.90. The van der Waals surface area contributed by atoms with Crippen molar-refractivity contribution in [2.24, 2.45) is 0 Å². The number of benzene rings is 1. The molecule has 8 nitrogen and oxygen atoms in total. The first kappa shape index (κ1) is 24.4. The Morgan fingerprint density at radius 3 is 2.30 bits per heavy atom. The van der Waals surface area contributed by atoms with E-state index >= 15 is 0 Å². The average molecular weight is 565 g/mol. The quantitative estimate of drug-likeness (QED) is 0.343. The second kappa shape index (κ2) is 11.0. The second-order valence-corrected chi connectivity index (χ2v) is 8.59. The van der Waals surface area contributed by atoms with Crippen LogP contribution in [0, 0.1) is 0 Å². The number of imide groups is 1. The number of carbonyl (C=O) groups is 4. The molecule has 0 unspecified atom stereocenters. The third kappa shape index (κ3) is 5.86. The molecular weight excluding hydrogens is 546 g/mol. The van der Waals surface area contributed by atoms with E-state index in [1.54, 1.807) is 26.0 Å². The number of carbonyl (C=O) groups excluding carboxylic acids is 4. The number of esters is 2. The summed E-state index contributed by atoms with van der Waals surface area (Å²) in [5.41, 5.74) is 0.603. The van der Waals surface area contributed by atoms with E-state index in [-0.39, 0.29) is 24.7 Å². The van der Waals surface area contributed by atoms with Crippen LogP contribution in [0.4, 0.5) is 4.79 Å². The summed E-state index contributed by atoms with van der Waals surface area (Å²) in [6.07, 6.45) is 1.54. The summed E-state index contributed by atoms with van der Waals surface area (Å²) in [7, 11) is 0. The molecule has 2 rings (SSSR count). The monoisotopic (exact) mass is 563 g/mol. The molecule has 1 aromatic rings. The predicted molar refractivity (Wildman–Crippen MR) is 118 cm³/mol. The molecule has 0 saturated carbocycles. The van der Waals surface area contributed by atoms with Gasteiger partial charge in [0.1, 0.15) is 11.8 Å². The largest absolute Gasteiger partial charge is 0.480 e. The number of ether oxygens (including phenoxy) is 3. The average Bonchev–Trinajstić information content (AvgIpc) is 2.94. The first-order chi connectivity index (χ1) is 14.2.